The van der Waals surface area contributed by atoms with Crippen LogP contribution in [0, 0.1) is 11.8 Å². The van der Waals surface area contributed by atoms with Crippen molar-refractivity contribution < 1.29 is 9.59 Å². The zero-order valence-corrected chi connectivity index (χ0v) is 15.3. The molecule has 0 aromatic heterocycles. The molecule has 2 unspecified atom stereocenters. The summed E-state index contributed by atoms with van der Waals surface area (Å²) in [7, 11) is 0. The van der Waals surface area contributed by atoms with Crippen molar-refractivity contribution in [2.24, 2.45) is 17.6 Å². The molecule has 1 aliphatic carbocycles. The van der Waals surface area contributed by atoms with Crippen molar-refractivity contribution in [1.29, 1.82) is 0 Å². The van der Waals surface area contributed by atoms with Crippen LogP contribution in [0.2, 0.25) is 0 Å². The molecule has 3 atom stereocenters. The molecule has 5 heteroatoms. The van der Waals surface area contributed by atoms with E-state index in [1.807, 2.05) is 19.9 Å². The number of carbonyl (C=O) groups excluding carboxylic acids is 2. The van der Waals surface area contributed by atoms with Gasteiger partial charge in [-0.15, -0.1) is 0 Å². The van der Waals surface area contributed by atoms with E-state index in [-0.39, 0.29) is 30.3 Å². The first-order chi connectivity index (χ1) is 12.0. The zero-order valence-electron chi connectivity index (χ0n) is 15.3. The number of amides is 2. The van der Waals surface area contributed by atoms with Crippen LogP contribution in [-0.2, 0) is 16.0 Å². The average molecular weight is 345 g/mol. The number of hydrogen-bond acceptors (Lipinski definition) is 3. The largest absolute Gasteiger partial charge is 0.352 e. The van der Waals surface area contributed by atoms with Crippen LogP contribution < -0.4 is 16.4 Å². The topological polar surface area (TPSA) is 84.2 Å². The van der Waals surface area contributed by atoms with E-state index >= 15 is 0 Å². The zero-order chi connectivity index (χ0) is 18.2. The van der Waals surface area contributed by atoms with Crippen molar-refractivity contribution in [3.8, 4) is 0 Å². The molecule has 138 valence electrons. The molecular formula is C20H31N3O2. The van der Waals surface area contributed by atoms with Crippen molar-refractivity contribution in [2.75, 3.05) is 6.54 Å². The summed E-state index contributed by atoms with van der Waals surface area (Å²) in [6, 6.07) is 10.0. The number of nitrogens with one attached hydrogen (secondary N) is 2. The van der Waals surface area contributed by atoms with Crippen LogP contribution in [0.4, 0.5) is 0 Å². The maximum atomic E-state index is 12.2. The van der Waals surface area contributed by atoms with Gasteiger partial charge in [0.15, 0.2) is 0 Å². The van der Waals surface area contributed by atoms with Gasteiger partial charge in [-0.05, 0) is 36.7 Å². The SMILES string of the molecule is CC(C)[C@H](N)C(=O)NCC(=O)NC1CCCCC1Cc1ccccc1. The second-order valence-corrected chi connectivity index (χ2v) is 7.40. The predicted molar refractivity (Wildman–Crippen MR) is 99.9 cm³/mol. The minimum Gasteiger partial charge on any atom is -0.352 e. The Kier molecular flexibility index (Phi) is 7.44. The highest BCUT2D eigenvalue weighted by Crippen LogP contribution is 2.27. The standard InChI is InChI=1S/C20H31N3O2/c1-14(2)19(21)20(25)22-13-18(24)23-17-11-7-6-10-16(17)12-15-8-4-3-5-9-15/h3-5,8-9,14,16-17,19H,6-7,10-13,21H2,1-2H3,(H,22,25)(H,23,24)/t16?,17?,19-/m0/s1. The van der Waals surface area contributed by atoms with Gasteiger partial charge >= 0.3 is 0 Å². The van der Waals surface area contributed by atoms with Crippen molar-refractivity contribution in [3.05, 3.63) is 35.9 Å². The molecule has 0 spiro atoms. The first-order valence-corrected chi connectivity index (χ1v) is 9.34. The molecule has 1 aromatic rings. The number of nitrogens with two attached hydrogens (primary N) is 1. The van der Waals surface area contributed by atoms with Crippen LogP contribution in [0.5, 0.6) is 0 Å². The van der Waals surface area contributed by atoms with Crippen molar-refractivity contribution >= 4 is 11.8 Å². The van der Waals surface area contributed by atoms with Crippen LogP contribution in [-0.4, -0.2) is 30.4 Å². The van der Waals surface area contributed by atoms with Crippen molar-refractivity contribution in [3.63, 3.8) is 0 Å². The highest BCUT2D eigenvalue weighted by atomic mass is 16.2. The normalized spacial score (nSPS) is 21.6. The lowest BCUT2D eigenvalue weighted by molar-refractivity contribution is -0.127. The molecule has 4 N–H and O–H groups in total. The summed E-state index contributed by atoms with van der Waals surface area (Å²) in [4.78, 5) is 24.1. The van der Waals surface area contributed by atoms with Gasteiger partial charge in [-0.1, -0.05) is 57.0 Å². The lowest BCUT2D eigenvalue weighted by Crippen LogP contribution is -2.50. The maximum absolute atomic E-state index is 12.2. The first-order valence-electron chi connectivity index (χ1n) is 9.34. The summed E-state index contributed by atoms with van der Waals surface area (Å²) in [6.07, 6.45) is 5.47. The lowest BCUT2D eigenvalue weighted by Gasteiger charge is -2.32. The molecule has 0 saturated heterocycles. The van der Waals surface area contributed by atoms with Crippen molar-refractivity contribution in [2.45, 2.75) is 58.0 Å². The number of carbonyl (C=O) groups is 2. The third-order valence-corrected chi connectivity index (χ3v) is 5.04. The fourth-order valence-electron chi connectivity index (χ4n) is 3.40. The minimum atomic E-state index is -0.576. The van der Waals surface area contributed by atoms with Crippen LogP contribution in [0.15, 0.2) is 30.3 Å². The molecule has 5 nitrogen and oxygen atoms in total. The number of hydrogen-bond donors (Lipinski definition) is 3. The number of rotatable bonds is 7. The first kappa shape index (κ1) is 19.4. The second kappa shape index (κ2) is 9.56. The third-order valence-electron chi connectivity index (χ3n) is 5.04. The molecule has 1 fully saturated rings. The molecule has 1 aliphatic rings. The van der Waals surface area contributed by atoms with Crippen LogP contribution >= 0.6 is 0 Å². The second-order valence-electron chi connectivity index (χ2n) is 7.40. The van der Waals surface area contributed by atoms with Gasteiger partial charge in [0.1, 0.15) is 0 Å². The Morgan fingerprint density at radius 1 is 1.16 bits per heavy atom. The van der Waals surface area contributed by atoms with E-state index in [0.717, 1.165) is 25.7 Å². The summed E-state index contributed by atoms with van der Waals surface area (Å²) in [5, 5.41) is 5.76. The smallest absolute Gasteiger partial charge is 0.239 e. The Balaban J connectivity index is 1.84. The van der Waals surface area contributed by atoms with Gasteiger partial charge in [0, 0.05) is 6.04 Å². The van der Waals surface area contributed by atoms with Gasteiger partial charge in [0.2, 0.25) is 11.8 Å². The summed E-state index contributed by atoms with van der Waals surface area (Å²) >= 11 is 0. The van der Waals surface area contributed by atoms with Gasteiger partial charge in [0.25, 0.3) is 0 Å². The molecule has 25 heavy (non-hydrogen) atoms. The van der Waals surface area contributed by atoms with Gasteiger partial charge in [-0.3, -0.25) is 9.59 Å². The quantitative estimate of drug-likeness (QED) is 0.707. The summed E-state index contributed by atoms with van der Waals surface area (Å²) in [5.74, 6) is 0.106. The van der Waals surface area contributed by atoms with Gasteiger partial charge in [0.05, 0.1) is 12.6 Å². The predicted octanol–water partition coefficient (Wildman–Crippen LogP) is 2.00. The fraction of sp³-hybridized carbons (Fsp3) is 0.600. The molecule has 1 aromatic carbocycles. The maximum Gasteiger partial charge on any atom is 0.239 e. The molecule has 0 bridgehead atoms. The fourth-order valence-corrected chi connectivity index (χ4v) is 3.40. The van der Waals surface area contributed by atoms with E-state index in [9.17, 15) is 9.59 Å². The van der Waals surface area contributed by atoms with E-state index in [1.165, 1.54) is 12.0 Å². The molecule has 2 rings (SSSR count). The molecule has 1 saturated carbocycles. The number of benzene rings is 1. The van der Waals surface area contributed by atoms with Crippen molar-refractivity contribution in [1.82, 2.24) is 10.6 Å². The summed E-state index contributed by atoms with van der Waals surface area (Å²) in [6.45, 7) is 3.77. The Morgan fingerprint density at radius 3 is 2.52 bits per heavy atom. The minimum absolute atomic E-state index is 0.00614. The van der Waals surface area contributed by atoms with Crippen LogP contribution in [0.25, 0.3) is 0 Å². The highest BCUT2D eigenvalue weighted by molar-refractivity contribution is 5.87. The van der Waals surface area contributed by atoms with Gasteiger partial charge in [-0.2, -0.15) is 0 Å². The van der Waals surface area contributed by atoms with E-state index in [1.54, 1.807) is 0 Å². The summed E-state index contributed by atoms with van der Waals surface area (Å²) < 4.78 is 0. The van der Waals surface area contributed by atoms with Gasteiger partial charge < -0.3 is 16.4 Å². The average Bonchev–Trinajstić information content (AvgIpc) is 2.61. The molecular weight excluding hydrogens is 314 g/mol. The Morgan fingerprint density at radius 2 is 1.84 bits per heavy atom. The molecule has 2 amide bonds. The van der Waals surface area contributed by atoms with Crippen LogP contribution in [0.3, 0.4) is 0 Å². The Hall–Kier alpha value is -1.88. The molecule has 0 heterocycles. The van der Waals surface area contributed by atoms with E-state index < -0.39 is 6.04 Å². The van der Waals surface area contributed by atoms with E-state index in [0.29, 0.717) is 5.92 Å². The molecule has 0 radical (unpaired) electrons. The van der Waals surface area contributed by atoms with Gasteiger partial charge in [-0.25, -0.2) is 0 Å². The molecule has 0 aliphatic heterocycles. The summed E-state index contributed by atoms with van der Waals surface area (Å²) in [5.41, 5.74) is 7.10. The third kappa shape index (κ3) is 6.16. The monoisotopic (exact) mass is 345 g/mol. The van der Waals surface area contributed by atoms with E-state index in [4.69, 9.17) is 5.73 Å². The Bertz CT molecular complexity index is 559. The highest BCUT2D eigenvalue weighted by Gasteiger charge is 2.27. The lowest BCUT2D eigenvalue weighted by atomic mass is 9.80. The Labute approximate surface area is 150 Å². The van der Waals surface area contributed by atoms with E-state index in [2.05, 4.69) is 34.9 Å². The van der Waals surface area contributed by atoms with Crippen LogP contribution in [0.1, 0.15) is 45.1 Å².